The molecule has 0 aliphatic rings. The summed E-state index contributed by atoms with van der Waals surface area (Å²) in [5, 5.41) is 3.97. The summed E-state index contributed by atoms with van der Waals surface area (Å²) < 4.78 is 1.59. The lowest BCUT2D eigenvalue weighted by Crippen LogP contribution is -2.36. The highest BCUT2D eigenvalue weighted by molar-refractivity contribution is 5.98. The van der Waals surface area contributed by atoms with Gasteiger partial charge in [0.15, 0.2) is 5.78 Å². The third-order valence-electron chi connectivity index (χ3n) is 2.83. The lowest BCUT2D eigenvalue weighted by molar-refractivity contribution is 0.0809. The van der Waals surface area contributed by atoms with Crippen LogP contribution >= 0.6 is 0 Å². The van der Waals surface area contributed by atoms with Crippen LogP contribution in [0.5, 0.6) is 0 Å². The van der Waals surface area contributed by atoms with Crippen LogP contribution in [0.3, 0.4) is 0 Å². The van der Waals surface area contributed by atoms with Gasteiger partial charge in [0.2, 0.25) is 0 Å². The number of hydrogen-bond donors (Lipinski definition) is 1. The molecule has 2 N–H and O–H groups in total. The molecule has 4 heteroatoms. The second-order valence-corrected chi connectivity index (χ2v) is 3.79. The van der Waals surface area contributed by atoms with Gasteiger partial charge in [-0.3, -0.25) is 9.48 Å². The Bertz CT molecular complexity index is 326. The fraction of sp³-hybridized carbons (Fsp3) is 0.600. The van der Waals surface area contributed by atoms with E-state index >= 15 is 0 Å². The molecular weight excluding hydrogens is 178 g/mol. The number of nitrogens with two attached hydrogens (primary N) is 1. The number of carbonyl (C=O) groups excluding carboxylic acids is 1. The molecule has 0 fully saturated rings. The van der Waals surface area contributed by atoms with Gasteiger partial charge in [-0.25, -0.2) is 0 Å². The van der Waals surface area contributed by atoms with Crippen molar-refractivity contribution >= 4 is 5.78 Å². The SMILES string of the molecule is CCC(C)(CN)C(=O)c1ccnn1C. The molecule has 0 aliphatic heterocycles. The van der Waals surface area contributed by atoms with Crippen molar-refractivity contribution in [2.24, 2.45) is 18.2 Å². The molecule has 1 atom stereocenters. The van der Waals surface area contributed by atoms with Crippen molar-refractivity contribution in [2.75, 3.05) is 6.54 Å². The average Bonchev–Trinajstić information content (AvgIpc) is 2.62. The number of rotatable bonds is 4. The van der Waals surface area contributed by atoms with Gasteiger partial charge in [0, 0.05) is 25.2 Å². The number of ketones is 1. The maximum atomic E-state index is 12.1. The van der Waals surface area contributed by atoms with Crippen molar-refractivity contribution in [3.63, 3.8) is 0 Å². The molecule has 0 aromatic carbocycles. The second kappa shape index (κ2) is 3.92. The number of carbonyl (C=O) groups is 1. The smallest absolute Gasteiger partial charge is 0.187 e. The topological polar surface area (TPSA) is 60.9 Å². The van der Waals surface area contributed by atoms with Crippen LogP contribution in [-0.2, 0) is 7.05 Å². The summed E-state index contributed by atoms with van der Waals surface area (Å²) in [4.78, 5) is 12.1. The zero-order valence-electron chi connectivity index (χ0n) is 8.95. The van der Waals surface area contributed by atoms with Crippen molar-refractivity contribution in [1.29, 1.82) is 0 Å². The first-order valence-electron chi connectivity index (χ1n) is 4.78. The highest BCUT2D eigenvalue weighted by atomic mass is 16.1. The first-order chi connectivity index (χ1) is 6.55. The lowest BCUT2D eigenvalue weighted by atomic mass is 9.81. The normalized spacial score (nSPS) is 15.1. The van der Waals surface area contributed by atoms with Crippen molar-refractivity contribution < 1.29 is 4.79 Å². The molecule has 0 bridgehead atoms. The van der Waals surface area contributed by atoms with Crippen LogP contribution < -0.4 is 5.73 Å². The lowest BCUT2D eigenvalue weighted by Gasteiger charge is -2.24. The molecule has 1 aromatic heterocycles. The fourth-order valence-corrected chi connectivity index (χ4v) is 1.30. The molecule has 0 radical (unpaired) electrons. The van der Waals surface area contributed by atoms with Gasteiger partial charge in [-0.15, -0.1) is 0 Å². The average molecular weight is 195 g/mol. The van der Waals surface area contributed by atoms with E-state index in [9.17, 15) is 4.79 Å². The second-order valence-electron chi connectivity index (χ2n) is 3.79. The molecule has 1 aromatic rings. The van der Waals surface area contributed by atoms with Crippen molar-refractivity contribution in [2.45, 2.75) is 20.3 Å². The minimum Gasteiger partial charge on any atom is -0.329 e. The minimum atomic E-state index is -0.464. The van der Waals surface area contributed by atoms with Gasteiger partial charge in [-0.05, 0) is 12.5 Å². The van der Waals surface area contributed by atoms with Crippen LogP contribution in [0.25, 0.3) is 0 Å². The third kappa shape index (κ3) is 1.70. The zero-order valence-corrected chi connectivity index (χ0v) is 8.95. The summed E-state index contributed by atoms with van der Waals surface area (Å²) in [6, 6.07) is 1.73. The van der Waals surface area contributed by atoms with E-state index in [0.29, 0.717) is 12.2 Å². The number of Topliss-reactive ketones (excluding diaryl/α,β-unsaturated/α-hetero) is 1. The van der Waals surface area contributed by atoms with Crippen LogP contribution in [0, 0.1) is 5.41 Å². The van der Waals surface area contributed by atoms with Crippen molar-refractivity contribution in [1.82, 2.24) is 9.78 Å². The van der Waals surface area contributed by atoms with E-state index in [1.165, 1.54) is 0 Å². The summed E-state index contributed by atoms with van der Waals surface area (Å²) >= 11 is 0. The van der Waals surface area contributed by atoms with Crippen LogP contribution in [0.2, 0.25) is 0 Å². The van der Waals surface area contributed by atoms with E-state index in [1.54, 1.807) is 24.0 Å². The Morgan fingerprint density at radius 3 is 2.71 bits per heavy atom. The van der Waals surface area contributed by atoms with Crippen molar-refractivity contribution in [3.05, 3.63) is 18.0 Å². The summed E-state index contributed by atoms with van der Waals surface area (Å²) in [5.41, 5.74) is 5.78. The van der Waals surface area contributed by atoms with Crippen LogP contribution in [0.15, 0.2) is 12.3 Å². The van der Waals surface area contributed by atoms with Gasteiger partial charge in [0.1, 0.15) is 5.69 Å². The van der Waals surface area contributed by atoms with Gasteiger partial charge in [0.25, 0.3) is 0 Å². The Hall–Kier alpha value is -1.16. The highest BCUT2D eigenvalue weighted by Gasteiger charge is 2.32. The predicted octanol–water partition coefficient (Wildman–Crippen LogP) is 0.978. The number of hydrogen-bond acceptors (Lipinski definition) is 3. The van der Waals surface area contributed by atoms with Gasteiger partial charge in [-0.2, -0.15) is 5.10 Å². The Morgan fingerprint density at radius 1 is 1.71 bits per heavy atom. The quantitative estimate of drug-likeness (QED) is 0.728. The summed E-state index contributed by atoms with van der Waals surface area (Å²) in [5.74, 6) is 0.0718. The first kappa shape index (κ1) is 10.9. The molecule has 0 amide bonds. The molecule has 0 aliphatic carbocycles. The standard InChI is InChI=1S/C10H17N3O/c1-4-10(2,7-11)9(14)8-5-6-12-13(8)3/h5-6H,4,7,11H2,1-3H3. The van der Waals surface area contributed by atoms with E-state index in [1.807, 2.05) is 13.8 Å². The largest absolute Gasteiger partial charge is 0.329 e. The number of nitrogens with zero attached hydrogens (tertiary/aromatic N) is 2. The third-order valence-corrected chi connectivity index (χ3v) is 2.83. The Morgan fingerprint density at radius 2 is 2.36 bits per heavy atom. The van der Waals surface area contributed by atoms with E-state index in [2.05, 4.69) is 5.10 Å². The Labute approximate surface area is 84.1 Å². The summed E-state index contributed by atoms with van der Waals surface area (Å²) in [7, 11) is 1.76. The molecule has 1 rings (SSSR count). The molecule has 0 spiro atoms. The van der Waals surface area contributed by atoms with Crippen LogP contribution in [0.4, 0.5) is 0 Å². The molecule has 1 unspecified atom stereocenters. The monoisotopic (exact) mass is 195 g/mol. The molecule has 0 saturated carbocycles. The molecule has 4 nitrogen and oxygen atoms in total. The van der Waals surface area contributed by atoms with E-state index in [0.717, 1.165) is 6.42 Å². The van der Waals surface area contributed by atoms with Gasteiger partial charge < -0.3 is 5.73 Å². The van der Waals surface area contributed by atoms with Gasteiger partial charge >= 0.3 is 0 Å². The molecule has 14 heavy (non-hydrogen) atoms. The molecule has 0 saturated heterocycles. The predicted molar refractivity (Wildman–Crippen MR) is 55.0 cm³/mol. The van der Waals surface area contributed by atoms with Crippen LogP contribution in [-0.4, -0.2) is 22.1 Å². The number of aromatic nitrogens is 2. The Kier molecular flexibility index (Phi) is 3.06. The fourth-order valence-electron chi connectivity index (χ4n) is 1.30. The highest BCUT2D eigenvalue weighted by Crippen LogP contribution is 2.24. The number of aryl methyl sites for hydroxylation is 1. The Balaban J connectivity index is 3.01. The van der Waals surface area contributed by atoms with Gasteiger partial charge in [-0.1, -0.05) is 13.8 Å². The maximum Gasteiger partial charge on any atom is 0.187 e. The molecule has 78 valence electrons. The van der Waals surface area contributed by atoms with Crippen molar-refractivity contribution in [3.8, 4) is 0 Å². The maximum absolute atomic E-state index is 12.1. The summed E-state index contributed by atoms with van der Waals surface area (Å²) in [6.45, 7) is 4.23. The molecular formula is C10H17N3O. The van der Waals surface area contributed by atoms with Crippen LogP contribution in [0.1, 0.15) is 30.8 Å². The van der Waals surface area contributed by atoms with E-state index < -0.39 is 5.41 Å². The van der Waals surface area contributed by atoms with E-state index in [-0.39, 0.29) is 5.78 Å². The zero-order chi connectivity index (χ0) is 10.8. The first-order valence-corrected chi connectivity index (χ1v) is 4.78. The summed E-state index contributed by atoms with van der Waals surface area (Å²) in [6.07, 6.45) is 2.37. The van der Waals surface area contributed by atoms with Gasteiger partial charge in [0.05, 0.1) is 0 Å². The molecule has 1 heterocycles. The minimum absolute atomic E-state index is 0.0718. The van der Waals surface area contributed by atoms with E-state index in [4.69, 9.17) is 5.73 Å².